The topological polar surface area (TPSA) is 79.9 Å². The van der Waals surface area contributed by atoms with Crippen LogP contribution in [0.15, 0.2) is 18.2 Å². The SMILES string of the molecule is COc1ccc(CCNC(=O)CN(C)CC(=O)NC2CC2)cc1OC. The second-order valence-corrected chi connectivity index (χ2v) is 6.30. The van der Waals surface area contributed by atoms with E-state index in [0.29, 0.717) is 30.5 Å². The maximum absolute atomic E-state index is 12.0. The van der Waals surface area contributed by atoms with E-state index in [9.17, 15) is 9.59 Å². The number of carbonyl (C=O) groups excluding carboxylic acids is 2. The predicted molar refractivity (Wildman–Crippen MR) is 94.9 cm³/mol. The molecule has 1 saturated carbocycles. The van der Waals surface area contributed by atoms with Crippen molar-refractivity contribution in [3.63, 3.8) is 0 Å². The number of nitrogens with zero attached hydrogens (tertiary/aromatic N) is 1. The van der Waals surface area contributed by atoms with Crippen LogP contribution >= 0.6 is 0 Å². The Morgan fingerprint density at radius 3 is 2.44 bits per heavy atom. The molecule has 1 aromatic carbocycles. The third kappa shape index (κ3) is 6.62. The Hall–Kier alpha value is -2.28. The maximum atomic E-state index is 12.0. The van der Waals surface area contributed by atoms with Crippen molar-refractivity contribution < 1.29 is 19.1 Å². The smallest absolute Gasteiger partial charge is 0.234 e. The number of benzene rings is 1. The Morgan fingerprint density at radius 2 is 1.80 bits per heavy atom. The summed E-state index contributed by atoms with van der Waals surface area (Å²) in [5, 5.41) is 5.78. The molecule has 1 aliphatic rings. The number of rotatable bonds is 10. The zero-order chi connectivity index (χ0) is 18.2. The fourth-order valence-corrected chi connectivity index (χ4v) is 2.49. The van der Waals surface area contributed by atoms with E-state index in [-0.39, 0.29) is 24.9 Å². The minimum absolute atomic E-state index is 0.0249. The number of amides is 2. The van der Waals surface area contributed by atoms with Gasteiger partial charge in [-0.2, -0.15) is 0 Å². The van der Waals surface area contributed by atoms with Crippen LogP contribution in [0.3, 0.4) is 0 Å². The summed E-state index contributed by atoms with van der Waals surface area (Å²) in [6, 6.07) is 6.04. The summed E-state index contributed by atoms with van der Waals surface area (Å²) in [6.07, 6.45) is 2.82. The first-order chi connectivity index (χ1) is 12.0. The molecule has 0 spiro atoms. The lowest BCUT2D eigenvalue weighted by atomic mass is 10.1. The van der Waals surface area contributed by atoms with Gasteiger partial charge in [-0.3, -0.25) is 14.5 Å². The quantitative estimate of drug-likeness (QED) is 0.646. The van der Waals surface area contributed by atoms with E-state index in [1.165, 1.54) is 0 Å². The van der Waals surface area contributed by atoms with Gasteiger partial charge in [0.15, 0.2) is 11.5 Å². The highest BCUT2D eigenvalue weighted by Gasteiger charge is 2.23. The van der Waals surface area contributed by atoms with Crippen LogP contribution in [-0.2, 0) is 16.0 Å². The molecule has 7 heteroatoms. The van der Waals surface area contributed by atoms with Crippen LogP contribution in [0.1, 0.15) is 18.4 Å². The van der Waals surface area contributed by atoms with Crippen molar-refractivity contribution in [2.45, 2.75) is 25.3 Å². The third-order valence-corrected chi connectivity index (χ3v) is 3.95. The van der Waals surface area contributed by atoms with Crippen LogP contribution in [0.25, 0.3) is 0 Å². The third-order valence-electron chi connectivity index (χ3n) is 3.95. The normalized spacial score (nSPS) is 13.4. The van der Waals surface area contributed by atoms with Gasteiger partial charge in [0.05, 0.1) is 27.3 Å². The first kappa shape index (κ1) is 19.1. The van der Waals surface area contributed by atoms with Gasteiger partial charge in [-0.25, -0.2) is 0 Å². The molecule has 138 valence electrons. The first-order valence-electron chi connectivity index (χ1n) is 8.47. The Bertz CT molecular complexity index is 602. The molecular weight excluding hydrogens is 322 g/mol. The minimum atomic E-state index is -0.0952. The lowest BCUT2D eigenvalue weighted by Crippen LogP contribution is -2.41. The highest BCUT2D eigenvalue weighted by Crippen LogP contribution is 2.27. The van der Waals surface area contributed by atoms with Gasteiger partial charge < -0.3 is 20.1 Å². The van der Waals surface area contributed by atoms with Crippen LogP contribution in [0, 0.1) is 0 Å². The van der Waals surface area contributed by atoms with E-state index < -0.39 is 0 Å². The Balaban J connectivity index is 1.68. The van der Waals surface area contributed by atoms with E-state index in [0.717, 1.165) is 18.4 Å². The minimum Gasteiger partial charge on any atom is -0.493 e. The van der Waals surface area contributed by atoms with Crippen LogP contribution in [0.5, 0.6) is 11.5 Å². The summed E-state index contributed by atoms with van der Waals surface area (Å²) in [7, 11) is 4.96. The van der Waals surface area contributed by atoms with E-state index in [4.69, 9.17) is 9.47 Å². The number of ether oxygens (including phenoxy) is 2. The van der Waals surface area contributed by atoms with E-state index in [1.54, 1.807) is 26.2 Å². The van der Waals surface area contributed by atoms with Gasteiger partial charge in [-0.1, -0.05) is 6.07 Å². The highest BCUT2D eigenvalue weighted by molar-refractivity contribution is 5.81. The van der Waals surface area contributed by atoms with Crippen molar-refractivity contribution in [2.75, 3.05) is 40.9 Å². The van der Waals surface area contributed by atoms with Gasteiger partial charge in [0.25, 0.3) is 0 Å². The predicted octanol–water partition coefficient (Wildman–Crippen LogP) is 0.573. The number of carbonyl (C=O) groups is 2. The first-order valence-corrected chi connectivity index (χ1v) is 8.47. The molecule has 0 saturated heterocycles. The number of nitrogens with one attached hydrogen (secondary N) is 2. The summed E-state index contributed by atoms with van der Waals surface area (Å²) < 4.78 is 10.5. The number of likely N-dealkylation sites (N-methyl/N-ethyl adjacent to an activating group) is 1. The van der Waals surface area contributed by atoms with E-state index in [2.05, 4.69) is 10.6 Å². The van der Waals surface area contributed by atoms with Gasteiger partial charge in [0.2, 0.25) is 11.8 Å². The lowest BCUT2D eigenvalue weighted by Gasteiger charge is -2.16. The molecule has 2 N–H and O–H groups in total. The van der Waals surface area contributed by atoms with Gasteiger partial charge in [-0.15, -0.1) is 0 Å². The second kappa shape index (κ2) is 9.27. The average Bonchev–Trinajstić information content (AvgIpc) is 3.38. The molecule has 0 aromatic heterocycles. The molecule has 1 fully saturated rings. The molecule has 0 aliphatic heterocycles. The van der Waals surface area contributed by atoms with E-state index in [1.807, 2.05) is 18.2 Å². The van der Waals surface area contributed by atoms with Crippen LogP contribution < -0.4 is 20.1 Å². The van der Waals surface area contributed by atoms with Crippen molar-refractivity contribution in [3.05, 3.63) is 23.8 Å². The zero-order valence-corrected chi connectivity index (χ0v) is 15.1. The van der Waals surface area contributed by atoms with Crippen molar-refractivity contribution in [1.82, 2.24) is 15.5 Å². The summed E-state index contributed by atoms with van der Waals surface area (Å²) in [6.45, 7) is 0.958. The Kier molecular flexibility index (Phi) is 7.06. The zero-order valence-electron chi connectivity index (χ0n) is 15.1. The number of methoxy groups -OCH3 is 2. The van der Waals surface area contributed by atoms with Gasteiger partial charge in [0.1, 0.15) is 0 Å². The lowest BCUT2D eigenvalue weighted by molar-refractivity contribution is -0.124. The molecule has 0 heterocycles. The van der Waals surface area contributed by atoms with E-state index >= 15 is 0 Å². The Morgan fingerprint density at radius 1 is 1.12 bits per heavy atom. The monoisotopic (exact) mass is 349 g/mol. The van der Waals surface area contributed by atoms with Gasteiger partial charge >= 0.3 is 0 Å². The molecule has 2 amide bonds. The molecular formula is C18H27N3O4. The molecule has 25 heavy (non-hydrogen) atoms. The standard InChI is InChI=1S/C18H27N3O4/c1-21(12-18(23)20-14-5-6-14)11-17(22)19-9-8-13-4-7-15(24-2)16(10-13)25-3/h4,7,10,14H,5-6,8-9,11-12H2,1-3H3,(H,19,22)(H,20,23). The fourth-order valence-electron chi connectivity index (χ4n) is 2.49. The molecule has 0 unspecified atom stereocenters. The average molecular weight is 349 g/mol. The fraction of sp³-hybridized carbons (Fsp3) is 0.556. The largest absolute Gasteiger partial charge is 0.493 e. The number of hydrogen-bond acceptors (Lipinski definition) is 5. The summed E-state index contributed by atoms with van der Waals surface area (Å²) in [4.78, 5) is 25.4. The van der Waals surface area contributed by atoms with Crippen molar-refractivity contribution in [2.24, 2.45) is 0 Å². The van der Waals surface area contributed by atoms with Crippen molar-refractivity contribution >= 4 is 11.8 Å². The van der Waals surface area contributed by atoms with Crippen LogP contribution in [0.4, 0.5) is 0 Å². The van der Waals surface area contributed by atoms with Gasteiger partial charge in [0, 0.05) is 12.6 Å². The molecule has 0 atom stereocenters. The molecule has 1 aliphatic carbocycles. The maximum Gasteiger partial charge on any atom is 0.234 e. The highest BCUT2D eigenvalue weighted by atomic mass is 16.5. The second-order valence-electron chi connectivity index (χ2n) is 6.30. The van der Waals surface area contributed by atoms with Crippen LogP contribution in [0.2, 0.25) is 0 Å². The van der Waals surface area contributed by atoms with Crippen molar-refractivity contribution in [3.8, 4) is 11.5 Å². The summed E-state index contributed by atoms with van der Waals surface area (Å²) >= 11 is 0. The number of hydrogen-bond donors (Lipinski definition) is 2. The molecule has 0 bridgehead atoms. The molecule has 0 radical (unpaired) electrons. The molecule has 2 rings (SSSR count). The molecule has 1 aromatic rings. The Labute approximate surface area is 148 Å². The van der Waals surface area contributed by atoms with Crippen LogP contribution in [-0.4, -0.2) is 63.7 Å². The van der Waals surface area contributed by atoms with Gasteiger partial charge in [-0.05, 0) is 44.0 Å². The summed E-state index contributed by atoms with van der Waals surface area (Å²) in [5.41, 5.74) is 1.05. The molecule has 7 nitrogen and oxygen atoms in total. The van der Waals surface area contributed by atoms with Crippen molar-refractivity contribution in [1.29, 1.82) is 0 Å². The summed E-state index contributed by atoms with van der Waals surface area (Å²) in [5.74, 6) is 1.24.